The second-order valence-electron chi connectivity index (χ2n) is 13.2. The molecule has 0 aliphatic carbocycles. The van der Waals surface area contributed by atoms with Crippen LogP contribution in [-0.2, 0) is 53.3 Å². The minimum absolute atomic E-state index is 0.0560. The molecular weight excluding hydrogens is 1010 g/mol. The quantitative estimate of drug-likeness (QED) is 0.0258. The number of carbonyl (C=O) groups is 6. The zero-order chi connectivity index (χ0) is 45.8. The summed E-state index contributed by atoms with van der Waals surface area (Å²) in [4.78, 5) is 86.9. The summed E-state index contributed by atoms with van der Waals surface area (Å²) in [5.74, 6) is -2.00. The average Bonchev–Trinajstić information content (AvgIpc) is 3.78. The van der Waals surface area contributed by atoms with E-state index in [0.29, 0.717) is 90.5 Å². The number of aliphatic carboxylic acids is 1. The van der Waals surface area contributed by atoms with Gasteiger partial charge in [0.25, 0.3) is 0 Å². The molecule has 3 atom stereocenters. The van der Waals surface area contributed by atoms with Crippen molar-refractivity contribution in [2.75, 3.05) is 85.0 Å². The summed E-state index contributed by atoms with van der Waals surface area (Å²) in [6.07, 6.45) is 2.67. The topological polar surface area (TPSA) is 356 Å². The molecular formula is C33H63N13O12PbS. The summed E-state index contributed by atoms with van der Waals surface area (Å²) in [7, 11) is -3.46. The van der Waals surface area contributed by atoms with Gasteiger partial charge < -0.3 is 37.6 Å². The van der Waals surface area contributed by atoms with Crippen molar-refractivity contribution in [3.05, 3.63) is 37.0 Å². The van der Waals surface area contributed by atoms with E-state index in [2.05, 4.69) is 54.7 Å². The van der Waals surface area contributed by atoms with Crippen molar-refractivity contribution in [2.24, 2.45) is 17.2 Å². The van der Waals surface area contributed by atoms with E-state index >= 15 is 0 Å². The molecule has 2 radical (unpaired) electrons. The number of hydrogen-bond acceptors (Lipinski definition) is 18. The number of carboxylic acids is 1. The summed E-state index contributed by atoms with van der Waals surface area (Å²) in [5.41, 5.74) is 24.8. The number of sulfonamides is 1. The number of carbonyl (C=O) groups excluding carboxylic acids is 5. The number of hydroxylamine groups is 3. The molecule has 3 fully saturated rings. The molecule has 0 spiro atoms. The number of nitrogens with zero attached hydrogens (tertiary/aromatic N) is 3. The van der Waals surface area contributed by atoms with Crippen molar-refractivity contribution >= 4 is 71.6 Å². The minimum atomic E-state index is -3.46. The van der Waals surface area contributed by atoms with E-state index in [1.54, 1.807) is 6.92 Å². The van der Waals surface area contributed by atoms with E-state index < -0.39 is 34.0 Å². The molecule has 0 aromatic carbocycles. The van der Waals surface area contributed by atoms with Gasteiger partial charge in [-0.3, -0.25) is 50.1 Å². The molecule has 60 heavy (non-hydrogen) atoms. The van der Waals surface area contributed by atoms with Crippen molar-refractivity contribution in [3.63, 3.8) is 0 Å². The first-order valence-electron chi connectivity index (χ1n) is 18.5. The van der Waals surface area contributed by atoms with Gasteiger partial charge in [0.15, 0.2) is 0 Å². The van der Waals surface area contributed by atoms with E-state index in [0.717, 1.165) is 18.4 Å². The molecule has 0 saturated carbocycles. The Morgan fingerprint density at radius 2 is 1.20 bits per heavy atom. The van der Waals surface area contributed by atoms with Gasteiger partial charge in [-0.1, -0.05) is 19.7 Å². The molecule has 3 aliphatic rings. The zero-order valence-electron chi connectivity index (χ0n) is 34.5. The Balaban J connectivity index is 0.000000821. The summed E-state index contributed by atoms with van der Waals surface area (Å²) < 4.78 is 27.5. The van der Waals surface area contributed by atoms with Crippen LogP contribution in [-0.4, -0.2) is 193 Å². The van der Waals surface area contributed by atoms with E-state index in [1.165, 1.54) is 14.7 Å². The summed E-state index contributed by atoms with van der Waals surface area (Å²) in [6.45, 7) is 17.4. The Kier molecular flexibility index (Phi) is 28.7. The Morgan fingerprint density at radius 3 is 1.60 bits per heavy atom. The van der Waals surface area contributed by atoms with Crippen LogP contribution >= 0.6 is 0 Å². The number of amides is 5. The summed E-state index contributed by atoms with van der Waals surface area (Å²) >= 11 is 0.578. The standard InChI is InChI=1S/C11H21N5O5S.C11H20N4O3.C6H9N2O3.C5H12N2O.Pb.H/c1-8(12)14-21-6-4-13-10(17)7-16-5-3-9(11(16)18)15-22(2,19)20;1-8(2)14-18-6-4-13-10(16)7-15-5-3-9(12)11(15)17;7-4-1-2-8(6(4)11)3-5(9)10;1-5(2)7-8-4-3-6;;/h9,14-15H,1,3-7,12H2,2H3,(H,13,17);9,14H,1,3-7,12H2,2H3,(H,13,16);4,7H,1-3H2,(H,9,10);7H,1,3-4,6H2,2H3;;/q;;-1;;+1;/t2*9-;4-;;;/m000.../s1. The van der Waals surface area contributed by atoms with Gasteiger partial charge in [-0.25, -0.2) is 13.1 Å². The third-order valence-electron chi connectivity index (χ3n) is 7.45. The Labute approximate surface area is 366 Å². The van der Waals surface area contributed by atoms with Crippen LogP contribution in [0, 0.1) is 0 Å². The number of carboxylic acid groups (broad SMARTS) is 1. The third kappa shape index (κ3) is 26.8. The van der Waals surface area contributed by atoms with Crippen molar-refractivity contribution < 1.29 is 56.8 Å². The molecule has 3 rings (SSSR count). The normalized spacial score (nSPS) is 18.2. The van der Waals surface area contributed by atoms with Crippen molar-refractivity contribution in [3.8, 4) is 0 Å². The van der Waals surface area contributed by atoms with E-state index in [9.17, 15) is 37.2 Å². The molecule has 14 N–H and O–H groups in total. The van der Waals surface area contributed by atoms with Gasteiger partial charge in [0.1, 0.15) is 11.9 Å². The van der Waals surface area contributed by atoms with Crippen LogP contribution in [0.15, 0.2) is 37.0 Å². The fourth-order valence-electron chi connectivity index (χ4n) is 4.89. The predicted molar refractivity (Wildman–Crippen MR) is 220 cm³/mol. The number of rotatable bonds is 23. The van der Waals surface area contributed by atoms with E-state index in [1.807, 2.05) is 6.92 Å². The van der Waals surface area contributed by atoms with E-state index in [4.69, 9.17) is 36.8 Å². The van der Waals surface area contributed by atoms with Crippen LogP contribution in [0.1, 0.15) is 33.1 Å². The SMILES string of the molecule is C=C(C)NOCCN.C=C(C)NOCCNC(=O)CN1CC[C@H](N)C1=O.C=C(N)NOCCNC(=O)CN1CC[C@H](NS(C)(=O)=O)C1=O.O=C(O)CN1CC[C@H]([NH][PbH])C1=O. The maximum atomic E-state index is 11.9. The molecule has 25 nitrogen and oxygen atoms in total. The number of nitrogens with two attached hydrogens (primary N) is 3. The second-order valence-corrected chi connectivity index (χ2v) is 16.3. The molecule has 0 aromatic rings. The number of nitrogens with one attached hydrogen (secondary N) is 7. The van der Waals surface area contributed by atoms with Gasteiger partial charge in [0, 0.05) is 44.1 Å². The molecule has 3 heterocycles. The van der Waals surface area contributed by atoms with Gasteiger partial charge in [0.05, 0.1) is 45.2 Å². The van der Waals surface area contributed by atoms with Gasteiger partial charge in [-0.05, 0) is 26.7 Å². The first-order chi connectivity index (χ1) is 28.1. The van der Waals surface area contributed by atoms with Gasteiger partial charge in [-0.2, -0.15) is 0 Å². The van der Waals surface area contributed by atoms with Crippen LogP contribution in [0.25, 0.3) is 0 Å². The van der Waals surface area contributed by atoms with E-state index in [-0.39, 0.29) is 68.3 Å². The Bertz CT molecular complexity index is 1560. The van der Waals surface area contributed by atoms with Gasteiger partial charge in [0.2, 0.25) is 33.7 Å². The number of allylic oxidation sites excluding steroid dienone is 2. The molecule has 3 saturated heterocycles. The van der Waals surface area contributed by atoms with Crippen LogP contribution < -0.4 is 52.1 Å². The van der Waals surface area contributed by atoms with Crippen molar-refractivity contribution in [2.45, 2.75) is 51.2 Å². The molecule has 0 unspecified atom stereocenters. The Morgan fingerprint density at radius 1 is 0.767 bits per heavy atom. The molecule has 0 aromatic heterocycles. The number of hydrogen-bond donors (Lipinski definition) is 11. The summed E-state index contributed by atoms with van der Waals surface area (Å²) in [5, 5.41) is 13.7. The first-order valence-corrected chi connectivity index (χ1v) is 22.6. The fourth-order valence-corrected chi connectivity index (χ4v) is 6.83. The maximum absolute atomic E-state index is 11.9. The first kappa shape index (κ1) is 55.8. The molecule has 0 bridgehead atoms. The molecule has 3 aliphatic heterocycles. The van der Waals surface area contributed by atoms with Crippen molar-refractivity contribution in [1.29, 1.82) is 0 Å². The van der Waals surface area contributed by atoms with Crippen LogP contribution in [0.5, 0.6) is 0 Å². The predicted octanol–water partition coefficient (Wildman–Crippen LogP) is -6.00. The molecule has 5 amide bonds. The molecule has 27 heteroatoms. The van der Waals surface area contributed by atoms with Gasteiger partial charge in [-0.15, -0.1) is 0 Å². The monoisotopic (exact) mass is 1070 g/mol. The second kappa shape index (κ2) is 30.8. The number of likely N-dealkylation sites (tertiary alicyclic amines) is 3. The zero-order valence-corrected chi connectivity index (χ0v) is 39.8. The average molecular weight is 1070 g/mol. The third-order valence-corrected chi connectivity index (χ3v) is 9.73. The van der Waals surface area contributed by atoms with Crippen LogP contribution in [0.2, 0.25) is 0 Å². The van der Waals surface area contributed by atoms with Gasteiger partial charge >= 0.3 is 86.2 Å². The fraction of sp³-hybridized carbons (Fsp3) is 0.636. The summed E-state index contributed by atoms with van der Waals surface area (Å²) in [6, 6.07) is -1.37. The molecule has 342 valence electrons. The Hall–Kier alpha value is -4.17. The van der Waals surface area contributed by atoms with Crippen LogP contribution in [0.4, 0.5) is 0 Å². The van der Waals surface area contributed by atoms with Crippen molar-refractivity contribution in [1.82, 2.24) is 49.6 Å². The van der Waals surface area contributed by atoms with Crippen LogP contribution in [0.3, 0.4) is 0 Å².